The summed E-state index contributed by atoms with van der Waals surface area (Å²) in [5, 5.41) is 22.0. The molecule has 1 aliphatic rings. The van der Waals surface area contributed by atoms with Gasteiger partial charge in [0.05, 0.1) is 24.5 Å². The van der Waals surface area contributed by atoms with Crippen LogP contribution < -0.4 is 14.8 Å². The summed E-state index contributed by atoms with van der Waals surface area (Å²) >= 11 is 7.23. The van der Waals surface area contributed by atoms with Crippen molar-refractivity contribution in [3.63, 3.8) is 0 Å². The van der Waals surface area contributed by atoms with Crippen LogP contribution in [0.3, 0.4) is 0 Å². The molecule has 0 saturated heterocycles. The Labute approximate surface area is 200 Å². The molecule has 33 heavy (non-hydrogen) atoms. The average Bonchev–Trinajstić information content (AvgIpc) is 3.19. The van der Waals surface area contributed by atoms with Crippen molar-refractivity contribution in [2.75, 3.05) is 12.4 Å². The van der Waals surface area contributed by atoms with Crippen LogP contribution in [0.1, 0.15) is 48.7 Å². The Hall–Kier alpha value is -2.82. The number of aliphatic hydroxyl groups is 1. The van der Waals surface area contributed by atoms with E-state index in [9.17, 15) is 9.90 Å². The molecule has 0 spiro atoms. The number of carbonyl (C=O) groups is 1. The number of amides is 1. The summed E-state index contributed by atoms with van der Waals surface area (Å²) in [5.74, 6) is 0.0739. The summed E-state index contributed by atoms with van der Waals surface area (Å²) in [6.45, 7) is 3.64. The van der Waals surface area contributed by atoms with E-state index < -0.39 is 11.5 Å². The molecule has 0 aliphatic heterocycles. The van der Waals surface area contributed by atoms with Gasteiger partial charge in [-0.3, -0.25) is 15.1 Å². The number of ether oxygens (including phenoxy) is 2. The monoisotopic (exact) mass is 489 g/mol. The van der Waals surface area contributed by atoms with E-state index in [0.29, 0.717) is 39.2 Å². The van der Waals surface area contributed by atoms with Gasteiger partial charge in [-0.2, -0.15) is 0 Å². The second kappa shape index (κ2) is 9.58. The van der Waals surface area contributed by atoms with Crippen molar-refractivity contribution in [3.05, 3.63) is 40.9 Å². The minimum atomic E-state index is -0.740. The Morgan fingerprint density at radius 3 is 2.85 bits per heavy atom. The maximum Gasteiger partial charge on any atom is 0.296 e. The molecule has 2 atom stereocenters. The van der Waals surface area contributed by atoms with Gasteiger partial charge in [0.15, 0.2) is 0 Å². The molecule has 1 saturated carbocycles. The van der Waals surface area contributed by atoms with Crippen molar-refractivity contribution >= 4 is 34.0 Å². The summed E-state index contributed by atoms with van der Waals surface area (Å²) in [6, 6.07) is 3.43. The molecule has 2 N–H and O–H groups in total. The second-order valence-corrected chi connectivity index (χ2v) is 9.57. The maximum atomic E-state index is 13.1. The number of rotatable bonds is 6. The Kier molecular flexibility index (Phi) is 6.78. The van der Waals surface area contributed by atoms with Gasteiger partial charge in [-0.1, -0.05) is 16.7 Å². The molecule has 3 aromatic rings. The molecule has 3 heterocycles. The lowest BCUT2D eigenvalue weighted by molar-refractivity contribution is -0.0235. The minimum Gasteiger partial charge on any atom is -0.494 e. The lowest BCUT2D eigenvalue weighted by Crippen LogP contribution is -2.37. The molecule has 3 aromatic heterocycles. The Morgan fingerprint density at radius 2 is 2.09 bits per heavy atom. The van der Waals surface area contributed by atoms with Crippen LogP contribution in [0.2, 0.25) is 5.15 Å². The van der Waals surface area contributed by atoms with Crippen LogP contribution in [0, 0.1) is 6.92 Å². The number of nitrogens with zero attached hydrogens (tertiary/aromatic N) is 4. The molecule has 174 valence electrons. The number of halogens is 1. The average molecular weight is 490 g/mol. The maximum absolute atomic E-state index is 13.1. The first-order valence-electron chi connectivity index (χ1n) is 10.4. The van der Waals surface area contributed by atoms with Gasteiger partial charge in [-0.05, 0) is 56.6 Å². The molecular formula is C22H24ClN5O4S. The number of aryl methyl sites for hydroxylation is 1. The standard InChI is InChI=1S/C22H24ClN5O4S/c1-12-7-14(15-8-18(23)25-11-17(15)31-3)16(10-24-12)19(29)26-20-27-28-21(33-20)32-13-5-4-6-22(2,30)9-13/h7-8,10-11,13,30H,4-6,9H2,1-3H3,(H,26,27,29)/t13-,22-/m0/s1. The first-order chi connectivity index (χ1) is 15.7. The Balaban J connectivity index is 1.54. The third-order valence-corrected chi connectivity index (χ3v) is 6.37. The topological polar surface area (TPSA) is 119 Å². The van der Waals surface area contributed by atoms with E-state index in [4.69, 9.17) is 21.1 Å². The Morgan fingerprint density at radius 1 is 1.27 bits per heavy atom. The van der Waals surface area contributed by atoms with Crippen LogP contribution in [0.15, 0.2) is 24.5 Å². The minimum absolute atomic E-state index is 0.137. The largest absolute Gasteiger partial charge is 0.494 e. The number of aromatic nitrogens is 4. The van der Waals surface area contributed by atoms with Gasteiger partial charge in [0, 0.05) is 29.4 Å². The lowest BCUT2D eigenvalue weighted by atomic mass is 9.85. The number of methoxy groups -OCH3 is 1. The van der Waals surface area contributed by atoms with Gasteiger partial charge < -0.3 is 14.6 Å². The first-order valence-corrected chi connectivity index (χ1v) is 11.6. The molecule has 4 rings (SSSR count). The normalized spacial score (nSPS) is 20.3. The molecule has 11 heteroatoms. The van der Waals surface area contributed by atoms with E-state index in [1.54, 1.807) is 12.1 Å². The zero-order valence-electron chi connectivity index (χ0n) is 18.5. The van der Waals surface area contributed by atoms with Crippen LogP contribution >= 0.6 is 22.9 Å². The summed E-state index contributed by atoms with van der Waals surface area (Å²) < 4.78 is 11.3. The third kappa shape index (κ3) is 5.58. The summed E-state index contributed by atoms with van der Waals surface area (Å²) in [4.78, 5) is 21.4. The number of hydrogen-bond acceptors (Lipinski definition) is 9. The van der Waals surface area contributed by atoms with Crippen molar-refractivity contribution in [1.29, 1.82) is 0 Å². The molecule has 0 radical (unpaired) electrons. The van der Waals surface area contributed by atoms with Gasteiger partial charge in [-0.15, -0.1) is 5.10 Å². The van der Waals surface area contributed by atoms with Crippen molar-refractivity contribution in [2.45, 2.75) is 51.2 Å². The predicted octanol–water partition coefficient (Wildman–Crippen LogP) is 4.29. The van der Waals surface area contributed by atoms with E-state index >= 15 is 0 Å². The van der Waals surface area contributed by atoms with Crippen LogP contribution in [0.5, 0.6) is 10.9 Å². The molecule has 0 unspecified atom stereocenters. The molecule has 9 nitrogen and oxygen atoms in total. The molecule has 0 bridgehead atoms. The SMILES string of the molecule is COc1cnc(Cl)cc1-c1cc(C)ncc1C(=O)Nc1nnc(O[C@H]2CCC[C@](C)(O)C2)s1. The van der Waals surface area contributed by atoms with Crippen molar-refractivity contribution in [1.82, 2.24) is 20.2 Å². The fraction of sp³-hybridized carbons (Fsp3) is 0.409. The van der Waals surface area contributed by atoms with Crippen LogP contribution in [0.25, 0.3) is 11.1 Å². The lowest BCUT2D eigenvalue weighted by Gasteiger charge is -2.33. The van der Waals surface area contributed by atoms with Crippen molar-refractivity contribution < 1.29 is 19.4 Å². The summed E-state index contributed by atoms with van der Waals surface area (Å²) in [6.07, 6.45) is 5.87. The van der Waals surface area contributed by atoms with Crippen molar-refractivity contribution in [3.8, 4) is 22.1 Å². The zero-order valence-corrected chi connectivity index (χ0v) is 20.0. The quantitative estimate of drug-likeness (QED) is 0.492. The van der Waals surface area contributed by atoms with Gasteiger partial charge in [0.2, 0.25) is 5.13 Å². The van der Waals surface area contributed by atoms with Gasteiger partial charge in [0.1, 0.15) is 17.0 Å². The van der Waals surface area contributed by atoms with Gasteiger partial charge in [-0.25, -0.2) is 4.98 Å². The Bertz CT molecular complexity index is 1170. The number of carbonyl (C=O) groups excluding carboxylic acids is 1. The number of anilines is 1. The highest BCUT2D eigenvalue weighted by Crippen LogP contribution is 2.35. The van der Waals surface area contributed by atoms with Crippen LogP contribution in [-0.4, -0.2) is 50.0 Å². The molecule has 0 aromatic carbocycles. The molecule has 1 fully saturated rings. The number of pyridine rings is 2. The molecule has 1 aliphatic carbocycles. The van der Waals surface area contributed by atoms with E-state index in [2.05, 4.69) is 25.5 Å². The fourth-order valence-electron chi connectivity index (χ4n) is 3.87. The van der Waals surface area contributed by atoms with Gasteiger partial charge >= 0.3 is 0 Å². The van der Waals surface area contributed by atoms with Gasteiger partial charge in [0.25, 0.3) is 11.1 Å². The van der Waals surface area contributed by atoms with E-state index in [-0.39, 0.29) is 11.3 Å². The third-order valence-electron chi connectivity index (χ3n) is 5.43. The zero-order chi connectivity index (χ0) is 23.6. The second-order valence-electron chi connectivity index (χ2n) is 8.24. The highest BCUT2D eigenvalue weighted by atomic mass is 35.5. The number of hydrogen-bond donors (Lipinski definition) is 2. The molecule has 1 amide bonds. The number of nitrogens with one attached hydrogen (secondary N) is 1. The highest BCUT2D eigenvalue weighted by molar-refractivity contribution is 7.17. The van der Waals surface area contributed by atoms with E-state index in [1.807, 2.05) is 13.8 Å². The summed E-state index contributed by atoms with van der Waals surface area (Å²) in [5.41, 5.74) is 1.54. The highest BCUT2D eigenvalue weighted by Gasteiger charge is 2.31. The van der Waals surface area contributed by atoms with Crippen molar-refractivity contribution in [2.24, 2.45) is 0 Å². The predicted molar refractivity (Wildman–Crippen MR) is 125 cm³/mol. The van der Waals surface area contributed by atoms with E-state index in [1.165, 1.54) is 19.5 Å². The summed E-state index contributed by atoms with van der Waals surface area (Å²) in [7, 11) is 1.52. The fourth-order valence-corrected chi connectivity index (χ4v) is 4.69. The molecular weight excluding hydrogens is 466 g/mol. The van der Waals surface area contributed by atoms with Crippen LogP contribution in [-0.2, 0) is 0 Å². The van der Waals surface area contributed by atoms with Crippen LogP contribution in [0.4, 0.5) is 5.13 Å². The van der Waals surface area contributed by atoms with E-state index in [0.717, 1.165) is 36.3 Å². The smallest absolute Gasteiger partial charge is 0.296 e. The first kappa shape index (κ1) is 23.3.